The molecule has 11 nitrogen and oxygen atoms in total. The normalized spacial score (nSPS) is 22.1. The third kappa shape index (κ3) is 6.35. The van der Waals surface area contributed by atoms with Crippen LogP contribution in [0.15, 0.2) is 36.5 Å². The van der Waals surface area contributed by atoms with E-state index in [1.165, 1.54) is 17.9 Å². The van der Waals surface area contributed by atoms with E-state index in [2.05, 4.69) is 20.5 Å². The van der Waals surface area contributed by atoms with Crippen LogP contribution in [0.25, 0.3) is 11.1 Å². The second-order valence-corrected chi connectivity index (χ2v) is 9.89. The molecule has 0 radical (unpaired) electrons. The first-order valence-electron chi connectivity index (χ1n) is 13.2. The summed E-state index contributed by atoms with van der Waals surface area (Å²) in [5, 5.41) is 5.93. The van der Waals surface area contributed by atoms with Gasteiger partial charge >= 0.3 is 6.09 Å². The highest BCUT2D eigenvalue weighted by molar-refractivity contribution is 5.90. The van der Waals surface area contributed by atoms with Gasteiger partial charge in [0.1, 0.15) is 23.8 Å². The number of aromatic nitrogens is 1. The van der Waals surface area contributed by atoms with Crippen LogP contribution >= 0.6 is 0 Å². The number of carbonyl (C=O) groups is 3. The number of pyridine rings is 1. The number of ketones is 1. The first-order valence-corrected chi connectivity index (χ1v) is 13.2. The average Bonchev–Trinajstić information content (AvgIpc) is 3.33. The molecule has 3 saturated heterocycles. The number of hydrogen-bond donors (Lipinski definition) is 2. The van der Waals surface area contributed by atoms with Gasteiger partial charge in [0.2, 0.25) is 5.91 Å². The smallest absolute Gasteiger partial charge is 0.414 e. The molecule has 1 aromatic carbocycles. The lowest BCUT2D eigenvalue weighted by molar-refractivity contribution is -0.122. The first kappa shape index (κ1) is 27.0. The SMILES string of the molecule is CC(=O)NC[C@H]1CN(c2ccc(-c3ccc(N4CCNCC4C(=O)CN4CCOCC4)nc3)c(F)c2)C(=O)O1. The lowest BCUT2D eigenvalue weighted by atomic mass is 10.0. The van der Waals surface area contributed by atoms with Crippen LogP contribution in [-0.4, -0.2) is 105 Å². The standard InChI is InChI=1S/C27H33FN6O5/c1-18(35)30-14-21-16-34(27(37)39-21)20-3-4-22(23(28)12-20)19-2-5-26(31-13-19)33-7-6-29-15-24(33)25(36)17-32-8-10-38-11-9-32/h2-5,12-13,21,24,29H,6-11,14-17H2,1H3,(H,30,35)/t21-,24?/m0/s1. The minimum Gasteiger partial charge on any atom is -0.442 e. The van der Waals surface area contributed by atoms with E-state index in [0.717, 1.165) is 19.6 Å². The van der Waals surface area contributed by atoms with E-state index < -0.39 is 18.0 Å². The number of benzene rings is 1. The van der Waals surface area contributed by atoms with Crippen molar-refractivity contribution in [1.29, 1.82) is 0 Å². The number of nitrogens with zero attached hydrogens (tertiary/aromatic N) is 4. The van der Waals surface area contributed by atoms with Gasteiger partial charge in [-0.15, -0.1) is 0 Å². The van der Waals surface area contributed by atoms with E-state index in [-0.39, 0.29) is 30.8 Å². The number of piperazine rings is 1. The van der Waals surface area contributed by atoms with Gasteiger partial charge in [0, 0.05) is 57.0 Å². The van der Waals surface area contributed by atoms with Gasteiger partial charge < -0.3 is 25.0 Å². The molecule has 2 atom stereocenters. The first-order chi connectivity index (χ1) is 18.9. The lowest BCUT2D eigenvalue weighted by Gasteiger charge is -2.37. The predicted molar refractivity (Wildman–Crippen MR) is 142 cm³/mol. The number of cyclic esters (lactones) is 1. The number of rotatable bonds is 8. The minimum atomic E-state index is -0.586. The fourth-order valence-corrected chi connectivity index (χ4v) is 5.07. The maximum Gasteiger partial charge on any atom is 0.414 e. The molecule has 0 spiro atoms. The van der Waals surface area contributed by atoms with Crippen molar-refractivity contribution in [3.63, 3.8) is 0 Å². The van der Waals surface area contributed by atoms with Gasteiger partial charge in [-0.3, -0.25) is 19.4 Å². The molecule has 3 aliphatic rings. The number of morpholine rings is 1. The molecular formula is C27H33FN6O5. The molecule has 0 bridgehead atoms. The zero-order valence-electron chi connectivity index (χ0n) is 21.9. The lowest BCUT2D eigenvalue weighted by Crippen LogP contribution is -2.57. The van der Waals surface area contributed by atoms with Crippen molar-refractivity contribution in [2.75, 3.05) is 75.4 Å². The molecule has 208 valence electrons. The highest BCUT2D eigenvalue weighted by atomic mass is 19.1. The van der Waals surface area contributed by atoms with E-state index in [1.54, 1.807) is 24.4 Å². The van der Waals surface area contributed by atoms with E-state index in [1.807, 2.05) is 11.0 Å². The molecule has 0 saturated carbocycles. The van der Waals surface area contributed by atoms with Gasteiger partial charge in [0.05, 0.1) is 38.5 Å². The highest BCUT2D eigenvalue weighted by Gasteiger charge is 2.33. The van der Waals surface area contributed by atoms with Crippen molar-refractivity contribution >= 4 is 29.3 Å². The summed E-state index contributed by atoms with van der Waals surface area (Å²) in [5.41, 5.74) is 1.31. The number of anilines is 2. The molecule has 0 aliphatic carbocycles. The van der Waals surface area contributed by atoms with Gasteiger partial charge in [0.25, 0.3) is 0 Å². The van der Waals surface area contributed by atoms with E-state index in [4.69, 9.17) is 9.47 Å². The third-order valence-electron chi connectivity index (χ3n) is 7.17. The maximum absolute atomic E-state index is 15.2. The Labute approximate surface area is 226 Å². The largest absolute Gasteiger partial charge is 0.442 e. The summed E-state index contributed by atoms with van der Waals surface area (Å²) in [5.74, 6) is 0.0893. The second kappa shape index (κ2) is 12.1. The predicted octanol–water partition coefficient (Wildman–Crippen LogP) is 1.03. The number of halogens is 1. The van der Waals surface area contributed by atoms with E-state index in [9.17, 15) is 14.4 Å². The topological polar surface area (TPSA) is 116 Å². The number of hydrogen-bond acceptors (Lipinski definition) is 9. The Morgan fingerprint density at radius 1 is 1.18 bits per heavy atom. The zero-order valence-corrected chi connectivity index (χ0v) is 21.9. The van der Waals surface area contributed by atoms with Crippen LogP contribution in [0.4, 0.5) is 20.7 Å². The van der Waals surface area contributed by atoms with Crippen molar-refractivity contribution in [2.45, 2.75) is 19.1 Å². The van der Waals surface area contributed by atoms with Gasteiger partial charge in [-0.1, -0.05) is 0 Å². The molecule has 2 amide bonds. The Bertz CT molecular complexity index is 1210. The Kier molecular flexibility index (Phi) is 8.34. The summed E-state index contributed by atoms with van der Waals surface area (Å²) in [6.07, 6.45) is 0.514. The number of amides is 2. The van der Waals surface area contributed by atoms with Crippen LogP contribution in [0.3, 0.4) is 0 Å². The van der Waals surface area contributed by atoms with Gasteiger partial charge in [0.15, 0.2) is 5.78 Å². The van der Waals surface area contributed by atoms with Crippen molar-refractivity contribution in [3.8, 4) is 11.1 Å². The summed E-state index contributed by atoms with van der Waals surface area (Å²) in [4.78, 5) is 46.6. The van der Waals surface area contributed by atoms with Crippen LogP contribution in [0.1, 0.15) is 6.92 Å². The Morgan fingerprint density at radius 2 is 2.00 bits per heavy atom. The Morgan fingerprint density at radius 3 is 2.72 bits per heavy atom. The number of nitrogens with one attached hydrogen (secondary N) is 2. The van der Waals surface area contributed by atoms with Crippen molar-refractivity contribution in [3.05, 3.63) is 42.3 Å². The summed E-state index contributed by atoms with van der Waals surface area (Å²) >= 11 is 0. The Hall–Kier alpha value is -3.61. The van der Waals surface area contributed by atoms with Crippen LogP contribution in [0.2, 0.25) is 0 Å². The van der Waals surface area contributed by atoms with Crippen molar-refractivity contribution in [2.24, 2.45) is 0 Å². The number of ether oxygens (including phenoxy) is 2. The summed E-state index contributed by atoms with van der Waals surface area (Å²) in [6, 6.07) is 7.83. The van der Waals surface area contributed by atoms with Crippen LogP contribution < -0.4 is 20.4 Å². The molecule has 2 aromatic rings. The molecular weight excluding hydrogens is 507 g/mol. The molecule has 3 fully saturated rings. The monoisotopic (exact) mass is 540 g/mol. The summed E-state index contributed by atoms with van der Waals surface area (Å²) in [7, 11) is 0. The highest BCUT2D eigenvalue weighted by Crippen LogP contribution is 2.30. The summed E-state index contributed by atoms with van der Waals surface area (Å²) in [6.45, 7) is 6.89. The maximum atomic E-state index is 15.2. The zero-order chi connectivity index (χ0) is 27.4. The second-order valence-electron chi connectivity index (χ2n) is 9.89. The fourth-order valence-electron chi connectivity index (χ4n) is 5.07. The van der Waals surface area contributed by atoms with Crippen LogP contribution in [0, 0.1) is 5.82 Å². The van der Waals surface area contributed by atoms with Crippen molar-refractivity contribution in [1.82, 2.24) is 20.5 Å². The van der Waals surface area contributed by atoms with Crippen molar-refractivity contribution < 1.29 is 28.2 Å². The summed E-state index contributed by atoms with van der Waals surface area (Å²) < 4.78 is 25.8. The number of carbonyl (C=O) groups excluding carboxylic acids is 3. The van der Waals surface area contributed by atoms with Gasteiger partial charge in [-0.05, 0) is 30.3 Å². The molecule has 39 heavy (non-hydrogen) atoms. The molecule has 1 aromatic heterocycles. The molecule has 3 aliphatic heterocycles. The van der Waals surface area contributed by atoms with Gasteiger partial charge in [-0.25, -0.2) is 14.2 Å². The number of Topliss-reactive ketones (excluding diaryl/α,β-unsaturated/α-hetero) is 1. The average molecular weight is 541 g/mol. The molecule has 1 unspecified atom stereocenters. The molecule has 12 heteroatoms. The molecule has 2 N–H and O–H groups in total. The van der Waals surface area contributed by atoms with Crippen LogP contribution in [0.5, 0.6) is 0 Å². The van der Waals surface area contributed by atoms with Crippen LogP contribution in [-0.2, 0) is 19.1 Å². The van der Waals surface area contributed by atoms with E-state index >= 15 is 4.39 Å². The quantitative estimate of drug-likeness (QED) is 0.507. The molecule has 5 rings (SSSR count). The Balaban J connectivity index is 1.26. The molecule has 4 heterocycles. The minimum absolute atomic E-state index is 0.136. The fraction of sp³-hybridized carbons (Fsp3) is 0.481. The van der Waals surface area contributed by atoms with E-state index in [0.29, 0.717) is 55.5 Å². The van der Waals surface area contributed by atoms with Gasteiger partial charge in [-0.2, -0.15) is 0 Å². The third-order valence-corrected chi connectivity index (χ3v) is 7.17.